The molecule has 5 nitrogen and oxygen atoms in total. The third-order valence-corrected chi connectivity index (χ3v) is 4.45. The van der Waals surface area contributed by atoms with Gasteiger partial charge in [-0.25, -0.2) is 4.98 Å². The van der Waals surface area contributed by atoms with E-state index >= 15 is 0 Å². The second-order valence-corrected chi connectivity index (χ2v) is 6.55. The van der Waals surface area contributed by atoms with E-state index in [-0.39, 0.29) is 5.91 Å². The summed E-state index contributed by atoms with van der Waals surface area (Å²) in [6.07, 6.45) is 6.37. The van der Waals surface area contributed by atoms with Crippen LogP contribution in [0.2, 0.25) is 0 Å². The van der Waals surface area contributed by atoms with Crippen LogP contribution in [0.3, 0.4) is 0 Å². The number of carbonyl (C=O) groups is 1. The summed E-state index contributed by atoms with van der Waals surface area (Å²) in [4.78, 5) is 18.2. The lowest BCUT2D eigenvalue weighted by Crippen LogP contribution is -2.44. The Morgan fingerprint density at radius 3 is 3.15 bits per heavy atom. The minimum Gasteiger partial charge on any atom is -0.470 e. The Bertz CT molecular complexity index is 434. The number of hydrogen-bond donors (Lipinski definition) is 1. The lowest BCUT2D eigenvalue weighted by Gasteiger charge is -2.31. The smallest absolute Gasteiger partial charge is 0.273 e. The molecular formula is C14H21N3O2S. The summed E-state index contributed by atoms with van der Waals surface area (Å²) in [5.41, 5.74) is 0. The van der Waals surface area contributed by atoms with Crippen molar-refractivity contribution >= 4 is 17.2 Å². The zero-order chi connectivity index (χ0) is 13.8. The zero-order valence-corrected chi connectivity index (χ0v) is 12.4. The van der Waals surface area contributed by atoms with E-state index in [0.29, 0.717) is 25.1 Å². The van der Waals surface area contributed by atoms with Crippen molar-refractivity contribution in [3.63, 3.8) is 0 Å². The molecular weight excluding hydrogens is 274 g/mol. The van der Waals surface area contributed by atoms with Gasteiger partial charge < -0.3 is 10.1 Å². The predicted molar refractivity (Wildman–Crippen MR) is 77.9 cm³/mol. The van der Waals surface area contributed by atoms with Crippen LogP contribution in [0.1, 0.15) is 25.7 Å². The van der Waals surface area contributed by atoms with Gasteiger partial charge in [-0.3, -0.25) is 9.69 Å². The van der Waals surface area contributed by atoms with Gasteiger partial charge in [0, 0.05) is 30.1 Å². The topological polar surface area (TPSA) is 54.5 Å². The number of nitrogens with one attached hydrogen (secondary N) is 1. The Balaban J connectivity index is 1.40. The molecule has 2 aliphatic rings. The molecule has 2 heterocycles. The number of piperidine rings is 1. The number of thiazole rings is 1. The molecule has 1 atom stereocenters. The van der Waals surface area contributed by atoms with Crippen molar-refractivity contribution in [2.45, 2.75) is 31.7 Å². The number of likely N-dealkylation sites (tertiary alicyclic amines) is 1. The van der Waals surface area contributed by atoms with Crippen LogP contribution in [-0.4, -0.2) is 48.1 Å². The molecule has 1 N–H and O–H groups in total. The lowest BCUT2D eigenvalue weighted by molar-refractivity contribution is -0.122. The van der Waals surface area contributed by atoms with Crippen LogP contribution in [0.15, 0.2) is 11.6 Å². The van der Waals surface area contributed by atoms with Crippen LogP contribution in [-0.2, 0) is 4.79 Å². The minimum absolute atomic E-state index is 0.175. The van der Waals surface area contributed by atoms with Crippen LogP contribution >= 0.6 is 11.3 Å². The van der Waals surface area contributed by atoms with Crippen molar-refractivity contribution in [1.29, 1.82) is 0 Å². The molecule has 1 aliphatic heterocycles. The van der Waals surface area contributed by atoms with Crippen molar-refractivity contribution in [1.82, 2.24) is 15.2 Å². The average Bonchev–Trinajstić information content (AvgIpc) is 3.09. The highest BCUT2D eigenvalue weighted by molar-refractivity contribution is 7.11. The van der Waals surface area contributed by atoms with Crippen molar-refractivity contribution in [2.75, 3.05) is 26.2 Å². The highest BCUT2D eigenvalue weighted by atomic mass is 32.1. The number of ether oxygens (including phenoxy) is 1. The van der Waals surface area contributed by atoms with E-state index in [4.69, 9.17) is 4.74 Å². The summed E-state index contributed by atoms with van der Waals surface area (Å²) < 4.78 is 5.69. The van der Waals surface area contributed by atoms with Gasteiger partial charge in [0.1, 0.15) is 0 Å². The molecule has 0 spiro atoms. The van der Waals surface area contributed by atoms with Gasteiger partial charge >= 0.3 is 0 Å². The second kappa shape index (κ2) is 6.54. The number of aromatic nitrogens is 1. The van der Waals surface area contributed by atoms with E-state index in [1.165, 1.54) is 17.8 Å². The van der Waals surface area contributed by atoms with Gasteiger partial charge in [0.2, 0.25) is 5.91 Å². The lowest BCUT2D eigenvalue weighted by atomic mass is 9.99. The highest BCUT2D eigenvalue weighted by Gasteiger charge is 2.26. The molecule has 1 aromatic heterocycles. The van der Waals surface area contributed by atoms with Crippen molar-refractivity contribution in [3.8, 4) is 5.19 Å². The van der Waals surface area contributed by atoms with Crippen LogP contribution in [0.5, 0.6) is 5.19 Å². The summed E-state index contributed by atoms with van der Waals surface area (Å²) >= 11 is 1.53. The quantitative estimate of drug-likeness (QED) is 0.864. The van der Waals surface area contributed by atoms with Crippen LogP contribution in [0.25, 0.3) is 0 Å². The minimum atomic E-state index is 0.175. The summed E-state index contributed by atoms with van der Waals surface area (Å²) in [6, 6.07) is 0.455. The third kappa shape index (κ3) is 4.18. The first-order valence-corrected chi connectivity index (χ1v) is 8.21. The molecule has 0 radical (unpaired) electrons. The summed E-state index contributed by atoms with van der Waals surface area (Å²) in [5, 5.41) is 5.72. The van der Waals surface area contributed by atoms with Crippen molar-refractivity contribution in [2.24, 2.45) is 5.92 Å². The van der Waals surface area contributed by atoms with Crippen LogP contribution in [0, 0.1) is 5.92 Å². The standard InChI is InChI=1S/C14H21N3O2S/c18-13(16-12-3-4-12)9-17-6-1-2-11(8-17)10-19-14-15-5-7-20-14/h5,7,11-12H,1-4,6,8-10H2,(H,16,18). The Morgan fingerprint density at radius 2 is 2.40 bits per heavy atom. The molecule has 1 saturated heterocycles. The molecule has 1 saturated carbocycles. The first-order valence-electron chi connectivity index (χ1n) is 7.33. The van der Waals surface area contributed by atoms with E-state index in [0.717, 1.165) is 37.5 Å². The van der Waals surface area contributed by atoms with Gasteiger partial charge in [-0.15, -0.1) is 0 Å². The number of carbonyl (C=O) groups excluding carboxylic acids is 1. The Morgan fingerprint density at radius 1 is 1.50 bits per heavy atom. The van der Waals surface area contributed by atoms with E-state index < -0.39 is 0 Å². The zero-order valence-electron chi connectivity index (χ0n) is 11.6. The molecule has 110 valence electrons. The van der Waals surface area contributed by atoms with E-state index in [1.54, 1.807) is 6.20 Å². The van der Waals surface area contributed by atoms with Gasteiger partial charge in [-0.2, -0.15) is 0 Å². The van der Waals surface area contributed by atoms with Crippen LogP contribution < -0.4 is 10.1 Å². The summed E-state index contributed by atoms with van der Waals surface area (Å²) in [7, 11) is 0. The van der Waals surface area contributed by atoms with E-state index in [1.807, 2.05) is 5.38 Å². The Kier molecular flexibility index (Phi) is 4.52. The number of amides is 1. The average molecular weight is 295 g/mol. The molecule has 20 heavy (non-hydrogen) atoms. The highest BCUT2D eigenvalue weighted by Crippen LogP contribution is 2.21. The van der Waals surface area contributed by atoms with Gasteiger partial charge in [0.05, 0.1) is 13.2 Å². The van der Waals surface area contributed by atoms with Crippen molar-refractivity contribution < 1.29 is 9.53 Å². The van der Waals surface area contributed by atoms with Crippen molar-refractivity contribution in [3.05, 3.63) is 11.6 Å². The van der Waals surface area contributed by atoms with Crippen LogP contribution in [0.4, 0.5) is 0 Å². The molecule has 1 unspecified atom stereocenters. The maximum Gasteiger partial charge on any atom is 0.273 e. The molecule has 6 heteroatoms. The molecule has 1 aliphatic carbocycles. The first-order chi connectivity index (χ1) is 9.79. The molecule has 1 amide bonds. The largest absolute Gasteiger partial charge is 0.470 e. The fraction of sp³-hybridized carbons (Fsp3) is 0.714. The fourth-order valence-corrected chi connectivity index (χ4v) is 3.10. The Labute approximate surface area is 123 Å². The summed E-state index contributed by atoms with van der Waals surface area (Å²) in [5.74, 6) is 0.676. The predicted octanol–water partition coefficient (Wildman–Crippen LogP) is 1.51. The molecule has 2 fully saturated rings. The van der Waals surface area contributed by atoms with Gasteiger partial charge in [0.25, 0.3) is 5.19 Å². The van der Waals surface area contributed by atoms with Gasteiger partial charge in [-0.1, -0.05) is 11.3 Å². The van der Waals surface area contributed by atoms with E-state index in [2.05, 4.69) is 15.2 Å². The normalized spacial score (nSPS) is 23.5. The molecule has 3 rings (SSSR count). The maximum atomic E-state index is 11.8. The monoisotopic (exact) mass is 295 g/mol. The number of hydrogen-bond acceptors (Lipinski definition) is 5. The fourth-order valence-electron chi connectivity index (χ4n) is 2.61. The molecule has 1 aromatic rings. The second-order valence-electron chi connectivity index (χ2n) is 5.69. The molecule has 0 bridgehead atoms. The SMILES string of the molecule is O=C(CN1CCCC(COc2nccs2)C1)NC1CC1. The number of rotatable bonds is 6. The summed E-state index contributed by atoms with van der Waals surface area (Å²) in [6.45, 7) is 3.20. The van der Waals surface area contributed by atoms with Gasteiger partial charge in [0.15, 0.2) is 0 Å². The first kappa shape index (κ1) is 13.8. The third-order valence-electron chi connectivity index (χ3n) is 3.76. The van der Waals surface area contributed by atoms with Gasteiger partial charge in [-0.05, 0) is 32.2 Å². The Hall–Kier alpha value is -1.14. The number of nitrogens with zero attached hydrogens (tertiary/aromatic N) is 2. The van der Waals surface area contributed by atoms with E-state index in [9.17, 15) is 4.79 Å². The maximum absolute atomic E-state index is 11.8. The molecule has 0 aromatic carbocycles.